The molecule has 108 valence electrons. The zero-order chi connectivity index (χ0) is 14.5. The molecular formula is C13H15F2N3O2. The quantitative estimate of drug-likeness (QED) is 0.885. The Bertz CT molecular complexity index is 572. The van der Waals surface area contributed by atoms with Gasteiger partial charge in [-0.15, -0.1) is 0 Å². The summed E-state index contributed by atoms with van der Waals surface area (Å²) in [5, 5.41) is 7.15. The molecule has 0 aliphatic heterocycles. The summed E-state index contributed by atoms with van der Waals surface area (Å²) in [4.78, 5) is 0. The zero-order valence-corrected chi connectivity index (χ0v) is 11.1. The van der Waals surface area contributed by atoms with E-state index in [1.807, 2.05) is 13.2 Å². The summed E-state index contributed by atoms with van der Waals surface area (Å²) in [6.07, 6.45) is 3.60. The molecule has 0 atom stereocenters. The van der Waals surface area contributed by atoms with Gasteiger partial charge in [-0.1, -0.05) is 0 Å². The average molecular weight is 283 g/mol. The van der Waals surface area contributed by atoms with Crippen molar-refractivity contribution in [1.82, 2.24) is 9.78 Å². The highest BCUT2D eigenvalue weighted by molar-refractivity contribution is 5.54. The largest absolute Gasteiger partial charge is 0.493 e. The molecule has 0 aliphatic carbocycles. The molecule has 20 heavy (non-hydrogen) atoms. The van der Waals surface area contributed by atoms with E-state index in [9.17, 15) is 8.78 Å². The number of halogens is 2. The van der Waals surface area contributed by atoms with E-state index in [1.165, 1.54) is 13.2 Å². The first-order valence-electron chi connectivity index (χ1n) is 5.92. The third-order valence-electron chi connectivity index (χ3n) is 2.63. The van der Waals surface area contributed by atoms with E-state index in [4.69, 9.17) is 4.74 Å². The summed E-state index contributed by atoms with van der Waals surface area (Å²) in [5.74, 6) is 0.260. The molecule has 1 N–H and O–H groups in total. The predicted octanol–water partition coefficient (Wildman–Crippen LogP) is 2.64. The van der Waals surface area contributed by atoms with Crippen molar-refractivity contribution in [3.63, 3.8) is 0 Å². The summed E-state index contributed by atoms with van der Waals surface area (Å²) < 4.78 is 35.7. The number of hydrogen-bond acceptors (Lipinski definition) is 4. The van der Waals surface area contributed by atoms with Crippen molar-refractivity contribution in [2.75, 3.05) is 12.4 Å². The van der Waals surface area contributed by atoms with Crippen molar-refractivity contribution >= 4 is 5.69 Å². The van der Waals surface area contributed by atoms with Crippen molar-refractivity contribution in [3.05, 3.63) is 36.2 Å². The lowest BCUT2D eigenvalue weighted by atomic mass is 10.2. The minimum absolute atomic E-state index is 0.00122. The van der Waals surface area contributed by atoms with E-state index in [0.717, 1.165) is 5.56 Å². The Morgan fingerprint density at radius 1 is 1.35 bits per heavy atom. The third kappa shape index (κ3) is 3.59. The van der Waals surface area contributed by atoms with Gasteiger partial charge in [0.25, 0.3) is 0 Å². The van der Waals surface area contributed by atoms with Gasteiger partial charge >= 0.3 is 6.61 Å². The van der Waals surface area contributed by atoms with Crippen LogP contribution in [0.2, 0.25) is 0 Å². The number of nitrogens with one attached hydrogen (secondary N) is 1. The molecule has 1 heterocycles. The smallest absolute Gasteiger partial charge is 0.387 e. The van der Waals surface area contributed by atoms with Crippen LogP contribution in [-0.4, -0.2) is 23.5 Å². The molecule has 1 aromatic heterocycles. The topological polar surface area (TPSA) is 48.3 Å². The van der Waals surface area contributed by atoms with Crippen LogP contribution in [-0.2, 0) is 13.6 Å². The number of benzene rings is 1. The number of alkyl halides is 2. The fourth-order valence-electron chi connectivity index (χ4n) is 1.74. The Labute approximate surface area is 115 Å². The zero-order valence-electron chi connectivity index (χ0n) is 11.1. The highest BCUT2D eigenvalue weighted by atomic mass is 19.3. The van der Waals surface area contributed by atoms with Crippen molar-refractivity contribution in [2.45, 2.75) is 13.2 Å². The Hall–Kier alpha value is -2.31. The van der Waals surface area contributed by atoms with Crippen LogP contribution in [0, 0.1) is 0 Å². The number of rotatable bonds is 6. The summed E-state index contributed by atoms with van der Waals surface area (Å²) in [6.45, 7) is -2.36. The lowest BCUT2D eigenvalue weighted by Crippen LogP contribution is -2.05. The van der Waals surface area contributed by atoms with Crippen LogP contribution < -0.4 is 14.8 Å². The number of anilines is 1. The van der Waals surface area contributed by atoms with Gasteiger partial charge in [-0.25, -0.2) is 0 Å². The molecule has 0 saturated carbocycles. The molecule has 0 fully saturated rings. The van der Waals surface area contributed by atoms with E-state index in [1.54, 1.807) is 23.0 Å². The molecule has 1 aromatic carbocycles. The molecular weight excluding hydrogens is 268 g/mol. The number of hydrogen-bond donors (Lipinski definition) is 1. The molecule has 0 aliphatic rings. The first kappa shape index (κ1) is 14.1. The molecule has 0 spiro atoms. The number of aryl methyl sites for hydroxylation is 1. The molecule has 7 heteroatoms. The maximum Gasteiger partial charge on any atom is 0.387 e. The number of ether oxygens (including phenoxy) is 2. The molecule has 0 radical (unpaired) electrons. The molecule has 0 bridgehead atoms. The SMILES string of the molecule is COc1ccc(NCc2cnn(C)c2)cc1OC(F)F. The average Bonchev–Trinajstić information content (AvgIpc) is 2.82. The molecule has 0 unspecified atom stereocenters. The number of nitrogens with zero attached hydrogens (tertiary/aromatic N) is 2. The lowest BCUT2D eigenvalue weighted by molar-refractivity contribution is -0.0511. The maximum atomic E-state index is 12.3. The minimum Gasteiger partial charge on any atom is -0.493 e. The van der Waals surface area contributed by atoms with E-state index < -0.39 is 6.61 Å². The first-order valence-corrected chi connectivity index (χ1v) is 5.92. The number of aromatic nitrogens is 2. The maximum absolute atomic E-state index is 12.3. The molecule has 0 saturated heterocycles. The number of methoxy groups -OCH3 is 1. The second kappa shape index (κ2) is 6.23. The monoisotopic (exact) mass is 283 g/mol. The highest BCUT2D eigenvalue weighted by Gasteiger charge is 2.11. The van der Waals surface area contributed by atoms with Gasteiger partial charge in [0.2, 0.25) is 0 Å². The van der Waals surface area contributed by atoms with E-state index in [-0.39, 0.29) is 11.5 Å². The van der Waals surface area contributed by atoms with E-state index >= 15 is 0 Å². The lowest BCUT2D eigenvalue weighted by Gasteiger charge is -2.12. The van der Waals surface area contributed by atoms with Crippen molar-refractivity contribution in [1.29, 1.82) is 0 Å². The van der Waals surface area contributed by atoms with Crippen molar-refractivity contribution in [3.8, 4) is 11.5 Å². The fourth-order valence-corrected chi connectivity index (χ4v) is 1.74. The fraction of sp³-hybridized carbons (Fsp3) is 0.308. The molecule has 2 aromatic rings. The van der Waals surface area contributed by atoms with Gasteiger partial charge < -0.3 is 14.8 Å². The molecule has 2 rings (SSSR count). The van der Waals surface area contributed by atoms with Gasteiger partial charge in [0.1, 0.15) is 0 Å². The van der Waals surface area contributed by atoms with Crippen molar-refractivity contribution < 1.29 is 18.3 Å². The van der Waals surface area contributed by atoms with Gasteiger partial charge in [-0.3, -0.25) is 4.68 Å². The second-order valence-electron chi connectivity index (χ2n) is 4.12. The van der Waals surface area contributed by atoms with E-state index in [0.29, 0.717) is 12.2 Å². The van der Waals surface area contributed by atoms with Gasteiger partial charge in [-0.05, 0) is 12.1 Å². The minimum atomic E-state index is -2.89. The van der Waals surface area contributed by atoms with Crippen LogP contribution >= 0.6 is 0 Å². The van der Waals surface area contributed by atoms with Crippen LogP contribution in [0.1, 0.15) is 5.56 Å². The summed E-state index contributed by atoms with van der Waals surface area (Å²) >= 11 is 0. The summed E-state index contributed by atoms with van der Waals surface area (Å²) in [7, 11) is 3.22. The highest BCUT2D eigenvalue weighted by Crippen LogP contribution is 2.31. The Morgan fingerprint density at radius 3 is 2.75 bits per heavy atom. The molecule has 5 nitrogen and oxygen atoms in total. The van der Waals surface area contributed by atoms with Crippen LogP contribution in [0.4, 0.5) is 14.5 Å². The van der Waals surface area contributed by atoms with Crippen molar-refractivity contribution in [2.24, 2.45) is 7.05 Å². The molecule has 0 amide bonds. The Kier molecular flexibility index (Phi) is 4.39. The van der Waals surface area contributed by atoms with Crippen LogP contribution in [0.25, 0.3) is 0 Å². The second-order valence-corrected chi connectivity index (χ2v) is 4.12. The van der Waals surface area contributed by atoms with E-state index in [2.05, 4.69) is 15.2 Å². The Balaban J connectivity index is 2.07. The van der Waals surface area contributed by atoms with Crippen LogP contribution in [0.15, 0.2) is 30.6 Å². The Morgan fingerprint density at radius 2 is 2.15 bits per heavy atom. The van der Waals surface area contributed by atoms with Gasteiger partial charge in [0, 0.05) is 37.1 Å². The van der Waals surface area contributed by atoms with Crippen LogP contribution in [0.5, 0.6) is 11.5 Å². The summed E-state index contributed by atoms with van der Waals surface area (Å²) in [5.41, 5.74) is 1.64. The normalized spacial score (nSPS) is 10.7. The van der Waals surface area contributed by atoms with Gasteiger partial charge in [-0.2, -0.15) is 13.9 Å². The van der Waals surface area contributed by atoms with Crippen LogP contribution in [0.3, 0.4) is 0 Å². The first-order chi connectivity index (χ1) is 9.58. The predicted molar refractivity (Wildman–Crippen MR) is 70.2 cm³/mol. The van der Waals surface area contributed by atoms with Gasteiger partial charge in [0.15, 0.2) is 11.5 Å². The van der Waals surface area contributed by atoms with Gasteiger partial charge in [0.05, 0.1) is 13.3 Å². The third-order valence-corrected chi connectivity index (χ3v) is 2.63. The standard InChI is InChI=1S/C13H15F2N3O2/c1-18-8-9(7-17-18)6-16-10-3-4-11(19-2)12(5-10)20-13(14)15/h3-5,7-8,13,16H,6H2,1-2H3. The summed E-state index contributed by atoms with van der Waals surface area (Å²) in [6, 6.07) is 4.78.